The van der Waals surface area contributed by atoms with Crippen LogP contribution in [-0.4, -0.2) is 13.2 Å². The molecule has 1 aromatic rings. The van der Waals surface area contributed by atoms with E-state index in [-0.39, 0.29) is 6.04 Å². The van der Waals surface area contributed by atoms with Gasteiger partial charge in [0.15, 0.2) is 0 Å². The second-order valence-corrected chi connectivity index (χ2v) is 4.61. The molecule has 0 bridgehead atoms. The maximum Gasteiger partial charge on any atom is 0.0699 e. The molecule has 1 rings (SSSR count). The largest absolute Gasteiger partial charge is 0.379 e. The minimum absolute atomic E-state index is 0.0714. The molecular weight excluding hydrogens is 212 g/mol. The van der Waals surface area contributed by atoms with Crippen LogP contribution in [0.15, 0.2) is 12.1 Å². The summed E-state index contributed by atoms with van der Waals surface area (Å²) in [6.07, 6.45) is 1.03. The van der Waals surface area contributed by atoms with E-state index >= 15 is 0 Å². The Labute approximate surface area is 104 Å². The summed E-state index contributed by atoms with van der Waals surface area (Å²) in [7, 11) is 0. The van der Waals surface area contributed by atoms with Crippen LogP contribution in [-0.2, 0) is 4.74 Å². The molecule has 0 aliphatic rings. The Morgan fingerprint density at radius 3 is 2.29 bits per heavy atom. The summed E-state index contributed by atoms with van der Waals surface area (Å²) in [6.45, 7) is 9.87. The minimum Gasteiger partial charge on any atom is -0.379 e. The molecule has 0 heterocycles. The second-order valence-electron chi connectivity index (χ2n) is 4.61. The highest BCUT2D eigenvalue weighted by molar-refractivity contribution is 5.39. The lowest BCUT2D eigenvalue weighted by Crippen LogP contribution is -2.32. The van der Waals surface area contributed by atoms with Gasteiger partial charge < -0.3 is 4.74 Å². The average molecular weight is 236 g/mol. The number of benzene rings is 1. The topological polar surface area (TPSA) is 47.3 Å². The van der Waals surface area contributed by atoms with Gasteiger partial charge in [-0.15, -0.1) is 0 Å². The van der Waals surface area contributed by atoms with Crippen molar-refractivity contribution in [3.8, 4) is 0 Å². The average Bonchev–Trinajstić information content (AvgIpc) is 2.25. The molecule has 1 unspecified atom stereocenters. The van der Waals surface area contributed by atoms with Gasteiger partial charge in [0.05, 0.1) is 12.6 Å². The third-order valence-corrected chi connectivity index (χ3v) is 2.92. The zero-order valence-electron chi connectivity index (χ0n) is 11.3. The van der Waals surface area contributed by atoms with Crippen molar-refractivity contribution in [2.75, 3.05) is 13.2 Å². The standard InChI is InChI=1S/C14H24N2O/c1-5-6-17-9-13(16-15)14-11(3)7-10(2)8-12(14)4/h7-8,13,16H,5-6,9,15H2,1-4H3. The van der Waals surface area contributed by atoms with Gasteiger partial charge in [-0.2, -0.15) is 0 Å². The zero-order chi connectivity index (χ0) is 12.8. The number of aryl methyl sites for hydroxylation is 3. The summed E-state index contributed by atoms with van der Waals surface area (Å²) in [4.78, 5) is 0. The van der Waals surface area contributed by atoms with Crippen LogP contribution in [0, 0.1) is 20.8 Å². The monoisotopic (exact) mass is 236 g/mol. The lowest BCUT2D eigenvalue weighted by molar-refractivity contribution is 0.111. The smallest absolute Gasteiger partial charge is 0.0699 e. The summed E-state index contributed by atoms with van der Waals surface area (Å²) >= 11 is 0. The second kappa shape index (κ2) is 6.74. The van der Waals surface area contributed by atoms with Crippen molar-refractivity contribution >= 4 is 0 Å². The molecular formula is C14H24N2O. The molecule has 0 aliphatic heterocycles. The fraction of sp³-hybridized carbons (Fsp3) is 0.571. The van der Waals surface area contributed by atoms with Crippen molar-refractivity contribution in [3.63, 3.8) is 0 Å². The van der Waals surface area contributed by atoms with Crippen LogP contribution in [0.3, 0.4) is 0 Å². The van der Waals surface area contributed by atoms with Gasteiger partial charge in [-0.1, -0.05) is 24.6 Å². The van der Waals surface area contributed by atoms with Crippen molar-refractivity contribution in [2.24, 2.45) is 5.84 Å². The molecule has 0 amide bonds. The Morgan fingerprint density at radius 2 is 1.82 bits per heavy atom. The fourth-order valence-corrected chi connectivity index (χ4v) is 2.30. The Kier molecular flexibility index (Phi) is 5.62. The van der Waals surface area contributed by atoms with E-state index in [0.717, 1.165) is 13.0 Å². The fourth-order valence-electron chi connectivity index (χ4n) is 2.30. The molecule has 1 atom stereocenters. The van der Waals surface area contributed by atoms with Crippen LogP contribution in [0.5, 0.6) is 0 Å². The molecule has 17 heavy (non-hydrogen) atoms. The van der Waals surface area contributed by atoms with Crippen molar-refractivity contribution in [3.05, 3.63) is 34.4 Å². The third kappa shape index (κ3) is 3.80. The van der Waals surface area contributed by atoms with Gasteiger partial charge in [0, 0.05) is 6.61 Å². The molecule has 0 radical (unpaired) electrons. The molecule has 0 aliphatic carbocycles. The van der Waals surface area contributed by atoms with Crippen molar-refractivity contribution in [2.45, 2.75) is 40.2 Å². The first-order chi connectivity index (χ1) is 8.10. The molecule has 1 aromatic carbocycles. The predicted octanol–water partition coefficient (Wildman–Crippen LogP) is 2.54. The summed E-state index contributed by atoms with van der Waals surface area (Å²) in [5, 5.41) is 0. The molecule has 0 saturated carbocycles. The van der Waals surface area contributed by atoms with Crippen LogP contribution in [0.1, 0.15) is 41.6 Å². The van der Waals surface area contributed by atoms with Crippen molar-refractivity contribution < 1.29 is 4.74 Å². The van der Waals surface area contributed by atoms with Gasteiger partial charge in [-0.05, 0) is 43.9 Å². The molecule has 96 valence electrons. The predicted molar refractivity (Wildman–Crippen MR) is 71.8 cm³/mol. The van der Waals surface area contributed by atoms with E-state index < -0.39 is 0 Å². The highest BCUT2D eigenvalue weighted by Crippen LogP contribution is 2.23. The minimum atomic E-state index is 0.0714. The van der Waals surface area contributed by atoms with Crippen molar-refractivity contribution in [1.82, 2.24) is 5.43 Å². The van der Waals surface area contributed by atoms with Crippen LogP contribution >= 0.6 is 0 Å². The van der Waals surface area contributed by atoms with Gasteiger partial charge in [0.1, 0.15) is 0 Å². The van der Waals surface area contributed by atoms with Gasteiger partial charge in [-0.25, -0.2) is 0 Å². The van der Waals surface area contributed by atoms with Crippen LogP contribution in [0.25, 0.3) is 0 Å². The Bertz CT molecular complexity index is 340. The lowest BCUT2D eigenvalue weighted by atomic mass is 9.95. The van der Waals surface area contributed by atoms with E-state index in [9.17, 15) is 0 Å². The van der Waals surface area contributed by atoms with Crippen LogP contribution in [0.2, 0.25) is 0 Å². The first-order valence-electron chi connectivity index (χ1n) is 6.21. The Morgan fingerprint density at radius 1 is 1.24 bits per heavy atom. The van der Waals surface area contributed by atoms with Crippen LogP contribution in [0.4, 0.5) is 0 Å². The van der Waals surface area contributed by atoms with E-state index in [1.807, 2.05) is 0 Å². The van der Waals surface area contributed by atoms with E-state index in [0.29, 0.717) is 6.61 Å². The maximum absolute atomic E-state index is 5.63. The number of nitrogens with one attached hydrogen (secondary N) is 1. The van der Waals surface area contributed by atoms with Crippen molar-refractivity contribution in [1.29, 1.82) is 0 Å². The number of ether oxygens (including phenoxy) is 1. The van der Waals surface area contributed by atoms with Gasteiger partial charge in [0.25, 0.3) is 0 Å². The quantitative estimate of drug-likeness (QED) is 0.453. The zero-order valence-corrected chi connectivity index (χ0v) is 11.3. The lowest BCUT2D eigenvalue weighted by Gasteiger charge is -2.21. The number of hydrogen-bond acceptors (Lipinski definition) is 3. The van der Waals surface area contributed by atoms with Gasteiger partial charge >= 0.3 is 0 Å². The maximum atomic E-state index is 5.63. The number of rotatable bonds is 6. The molecule has 3 N–H and O–H groups in total. The third-order valence-electron chi connectivity index (χ3n) is 2.92. The van der Waals surface area contributed by atoms with Crippen LogP contribution < -0.4 is 11.3 Å². The molecule has 0 aromatic heterocycles. The van der Waals surface area contributed by atoms with E-state index in [1.165, 1.54) is 22.3 Å². The first-order valence-corrected chi connectivity index (χ1v) is 6.21. The summed E-state index contributed by atoms with van der Waals surface area (Å²) in [6, 6.07) is 4.45. The normalized spacial score (nSPS) is 12.8. The van der Waals surface area contributed by atoms with E-state index in [2.05, 4.69) is 45.3 Å². The van der Waals surface area contributed by atoms with Gasteiger partial charge in [0.2, 0.25) is 0 Å². The number of nitrogens with two attached hydrogens (primary N) is 1. The SMILES string of the molecule is CCCOCC(NN)c1c(C)cc(C)cc1C. The van der Waals surface area contributed by atoms with E-state index in [4.69, 9.17) is 10.6 Å². The molecule has 3 heteroatoms. The molecule has 0 spiro atoms. The molecule has 0 saturated heterocycles. The Hall–Kier alpha value is -0.900. The summed E-state index contributed by atoms with van der Waals surface area (Å²) in [5.74, 6) is 5.63. The summed E-state index contributed by atoms with van der Waals surface area (Å²) in [5.41, 5.74) is 7.94. The summed E-state index contributed by atoms with van der Waals surface area (Å²) < 4.78 is 5.59. The molecule has 3 nitrogen and oxygen atoms in total. The highest BCUT2D eigenvalue weighted by atomic mass is 16.5. The first kappa shape index (κ1) is 14.2. The number of hydrazine groups is 1. The van der Waals surface area contributed by atoms with Gasteiger partial charge in [-0.3, -0.25) is 11.3 Å². The highest BCUT2D eigenvalue weighted by Gasteiger charge is 2.15. The van der Waals surface area contributed by atoms with E-state index in [1.54, 1.807) is 0 Å². The number of hydrogen-bond donors (Lipinski definition) is 2. The molecule has 0 fully saturated rings. The Balaban J connectivity index is 2.87.